The number of benzene rings is 3. The molecular formula is C27H29N3O4S. The fourth-order valence-electron chi connectivity index (χ4n) is 4.09. The van der Waals surface area contributed by atoms with Gasteiger partial charge in [-0.2, -0.15) is 0 Å². The average Bonchev–Trinajstić information content (AvgIpc) is 2.92. The number of amides is 2. The standard InChI is InChI=1S/C27H29N3O4S/c1-3-21-12-14-22(15-13-21)26(31)29-16-18-30(19-17-29)27(32)23-8-7-11-25(20-23)35(33,34)28(2)24-9-5-4-6-10-24/h4-15,20H,3,16-19H2,1-2H3. The molecule has 0 aliphatic carbocycles. The lowest BCUT2D eigenvalue weighted by molar-refractivity contribution is 0.0535. The van der Waals surface area contributed by atoms with Crippen molar-refractivity contribution in [3.63, 3.8) is 0 Å². The second kappa shape index (κ2) is 10.3. The van der Waals surface area contributed by atoms with Crippen LogP contribution in [0.1, 0.15) is 33.2 Å². The summed E-state index contributed by atoms with van der Waals surface area (Å²) in [5, 5.41) is 0. The Morgan fingerprint density at radius 2 is 1.34 bits per heavy atom. The molecule has 0 spiro atoms. The van der Waals surface area contributed by atoms with E-state index in [1.54, 1.807) is 46.2 Å². The summed E-state index contributed by atoms with van der Waals surface area (Å²) in [7, 11) is -2.33. The van der Waals surface area contributed by atoms with Gasteiger partial charge >= 0.3 is 0 Å². The number of nitrogens with zero attached hydrogens (tertiary/aromatic N) is 3. The number of aryl methyl sites for hydroxylation is 1. The molecule has 7 nitrogen and oxygen atoms in total. The van der Waals surface area contributed by atoms with E-state index in [2.05, 4.69) is 6.92 Å². The van der Waals surface area contributed by atoms with Gasteiger partial charge in [-0.15, -0.1) is 0 Å². The molecule has 0 unspecified atom stereocenters. The summed E-state index contributed by atoms with van der Waals surface area (Å²) in [5.74, 6) is -0.291. The summed E-state index contributed by atoms with van der Waals surface area (Å²) < 4.78 is 27.5. The van der Waals surface area contributed by atoms with E-state index in [1.807, 2.05) is 30.3 Å². The van der Waals surface area contributed by atoms with Crippen LogP contribution in [0.4, 0.5) is 5.69 Å². The average molecular weight is 492 g/mol. The Kier molecular flexibility index (Phi) is 7.21. The molecule has 0 aromatic heterocycles. The third-order valence-corrected chi connectivity index (χ3v) is 8.10. The minimum absolute atomic E-state index is 0.0446. The first-order valence-electron chi connectivity index (χ1n) is 11.6. The molecule has 3 aromatic carbocycles. The van der Waals surface area contributed by atoms with Crippen LogP contribution in [0.25, 0.3) is 0 Å². The summed E-state index contributed by atoms with van der Waals surface area (Å²) >= 11 is 0. The predicted octanol–water partition coefficient (Wildman–Crippen LogP) is 3.67. The molecule has 2 amide bonds. The lowest BCUT2D eigenvalue weighted by Gasteiger charge is -2.35. The van der Waals surface area contributed by atoms with Crippen LogP contribution in [0.3, 0.4) is 0 Å². The molecule has 1 fully saturated rings. The van der Waals surface area contributed by atoms with Crippen molar-refractivity contribution >= 4 is 27.5 Å². The highest BCUT2D eigenvalue weighted by atomic mass is 32.2. The summed E-state index contributed by atoms with van der Waals surface area (Å²) in [5.41, 5.74) is 2.66. The van der Waals surface area contributed by atoms with Gasteiger partial charge in [-0.05, 0) is 54.4 Å². The van der Waals surface area contributed by atoms with Crippen LogP contribution in [0, 0.1) is 0 Å². The monoisotopic (exact) mass is 491 g/mol. The molecule has 1 saturated heterocycles. The van der Waals surface area contributed by atoms with Crippen LogP contribution in [0.15, 0.2) is 83.8 Å². The maximum Gasteiger partial charge on any atom is 0.264 e. The van der Waals surface area contributed by atoms with Crippen molar-refractivity contribution in [2.75, 3.05) is 37.5 Å². The number of hydrogen-bond acceptors (Lipinski definition) is 4. The van der Waals surface area contributed by atoms with Crippen molar-refractivity contribution in [3.05, 3.63) is 95.6 Å². The molecule has 182 valence electrons. The first kappa shape index (κ1) is 24.5. The zero-order valence-electron chi connectivity index (χ0n) is 19.9. The number of rotatable bonds is 6. The Morgan fingerprint density at radius 3 is 1.91 bits per heavy atom. The van der Waals surface area contributed by atoms with Gasteiger partial charge in [-0.1, -0.05) is 43.3 Å². The summed E-state index contributed by atoms with van der Waals surface area (Å²) in [6, 6.07) is 22.5. The fraction of sp³-hybridized carbons (Fsp3) is 0.259. The second-order valence-electron chi connectivity index (χ2n) is 8.47. The van der Waals surface area contributed by atoms with Crippen molar-refractivity contribution in [2.45, 2.75) is 18.2 Å². The first-order chi connectivity index (χ1) is 16.8. The number of carbonyl (C=O) groups excluding carboxylic acids is 2. The Bertz CT molecular complexity index is 1300. The number of carbonyl (C=O) groups is 2. The molecular weight excluding hydrogens is 462 g/mol. The lowest BCUT2D eigenvalue weighted by atomic mass is 10.1. The van der Waals surface area contributed by atoms with Crippen LogP contribution < -0.4 is 4.31 Å². The van der Waals surface area contributed by atoms with Crippen LogP contribution in [0.5, 0.6) is 0 Å². The van der Waals surface area contributed by atoms with E-state index in [0.717, 1.165) is 6.42 Å². The van der Waals surface area contributed by atoms with Crippen LogP contribution in [0.2, 0.25) is 0 Å². The Labute approximate surface area is 206 Å². The highest BCUT2D eigenvalue weighted by Gasteiger charge is 2.27. The van der Waals surface area contributed by atoms with E-state index in [1.165, 1.54) is 29.0 Å². The molecule has 1 aliphatic heterocycles. The highest BCUT2D eigenvalue weighted by Crippen LogP contribution is 2.23. The number of hydrogen-bond donors (Lipinski definition) is 0. The number of piperazine rings is 1. The van der Waals surface area contributed by atoms with E-state index in [-0.39, 0.29) is 16.7 Å². The first-order valence-corrected chi connectivity index (χ1v) is 13.1. The van der Waals surface area contributed by atoms with E-state index in [4.69, 9.17) is 0 Å². The normalized spacial score (nSPS) is 14.0. The van der Waals surface area contributed by atoms with E-state index in [9.17, 15) is 18.0 Å². The van der Waals surface area contributed by atoms with Crippen LogP contribution in [-0.4, -0.2) is 63.3 Å². The topological polar surface area (TPSA) is 78.0 Å². The van der Waals surface area contributed by atoms with Crippen molar-refractivity contribution in [1.82, 2.24) is 9.80 Å². The molecule has 35 heavy (non-hydrogen) atoms. The highest BCUT2D eigenvalue weighted by molar-refractivity contribution is 7.92. The number of anilines is 1. The van der Waals surface area contributed by atoms with Gasteiger partial charge in [0.25, 0.3) is 21.8 Å². The van der Waals surface area contributed by atoms with Crippen molar-refractivity contribution < 1.29 is 18.0 Å². The quantitative estimate of drug-likeness (QED) is 0.527. The van der Waals surface area contributed by atoms with E-state index >= 15 is 0 Å². The minimum atomic E-state index is -3.82. The molecule has 0 N–H and O–H groups in total. The molecule has 1 aliphatic rings. The van der Waals surface area contributed by atoms with E-state index < -0.39 is 10.0 Å². The maximum absolute atomic E-state index is 13.1. The van der Waals surface area contributed by atoms with Gasteiger partial charge < -0.3 is 9.80 Å². The van der Waals surface area contributed by atoms with Crippen LogP contribution in [-0.2, 0) is 16.4 Å². The van der Waals surface area contributed by atoms with Gasteiger partial charge in [0, 0.05) is 44.4 Å². The number of para-hydroxylation sites is 1. The van der Waals surface area contributed by atoms with E-state index in [0.29, 0.717) is 43.0 Å². The van der Waals surface area contributed by atoms with Gasteiger partial charge in [-0.25, -0.2) is 8.42 Å². The summed E-state index contributed by atoms with van der Waals surface area (Å²) in [6.07, 6.45) is 0.917. The van der Waals surface area contributed by atoms with Gasteiger partial charge in [0.15, 0.2) is 0 Å². The van der Waals surface area contributed by atoms with Gasteiger partial charge in [0.2, 0.25) is 0 Å². The smallest absolute Gasteiger partial charge is 0.264 e. The van der Waals surface area contributed by atoms with Crippen molar-refractivity contribution in [3.8, 4) is 0 Å². The molecule has 0 radical (unpaired) electrons. The summed E-state index contributed by atoms with van der Waals surface area (Å²) in [6.45, 7) is 3.69. The Morgan fingerprint density at radius 1 is 0.771 bits per heavy atom. The molecule has 0 atom stereocenters. The predicted molar refractivity (Wildman–Crippen MR) is 136 cm³/mol. The lowest BCUT2D eigenvalue weighted by Crippen LogP contribution is -2.50. The van der Waals surface area contributed by atoms with Gasteiger partial charge in [-0.3, -0.25) is 13.9 Å². The second-order valence-corrected chi connectivity index (χ2v) is 10.4. The van der Waals surface area contributed by atoms with Crippen LogP contribution >= 0.6 is 0 Å². The summed E-state index contributed by atoms with van der Waals surface area (Å²) in [4.78, 5) is 29.5. The van der Waals surface area contributed by atoms with Crippen molar-refractivity contribution in [2.24, 2.45) is 0 Å². The zero-order chi connectivity index (χ0) is 25.0. The molecule has 1 heterocycles. The van der Waals surface area contributed by atoms with Gasteiger partial charge in [0.05, 0.1) is 10.6 Å². The SMILES string of the molecule is CCc1ccc(C(=O)N2CCN(C(=O)c3cccc(S(=O)(=O)N(C)c4ccccc4)c3)CC2)cc1. The third-order valence-electron chi connectivity index (χ3n) is 6.32. The fourth-order valence-corrected chi connectivity index (χ4v) is 5.33. The molecule has 0 bridgehead atoms. The minimum Gasteiger partial charge on any atom is -0.335 e. The largest absolute Gasteiger partial charge is 0.335 e. The Balaban J connectivity index is 1.43. The van der Waals surface area contributed by atoms with Gasteiger partial charge in [0.1, 0.15) is 0 Å². The molecule has 3 aromatic rings. The molecule has 4 rings (SSSR count). The number of sulfonamides is 1. The molecule has 0 saturated carbocycles. The molecule has 8 heteroatoms. The third kappa shape index (κ3) is 5.22. The zero-order valence-corrected chi connectivity index (χ0v) is 20.7. The van der Waals surface area contributed by atoms with Crippen molar-refractivity contribution in [1.29, 1.82) is 0 Å². The maximum atomic E-state index is 13.1. The Hall–Kier alpha value is -3.65.